The molecule has 1 aromatic heterocycles. The van der Waals surface area contributed by atoms with Gasteiger partial charge in [-0.25, -0.2) is 4.79 Å². The number of carbonyl (C=O) groups is 1. The van der Waals surface area contributed by atoms with Crippen molar-refractivity contribution in [2.24, 2.45) is 0 Å². The second-order valence-electron chi connectivity index (χ2n) is 6.35. The molecule has 0 amide bonds. The lowest BCUT2D eigenvalue weighted by atomic mass is 10.1. The van der Waals surface area contributed by atoms with Crippen LogP contribution in [0.5, 0.6) is 0 Å². The molecule has 0 aliphatic carbocycles. The number of carbonyl (C=O) groups excluding carboxylic acids is 1. The summed E-state index contributed by atoms with van der Waals surface area (Å²) >= 11 is 3.62. The quantitative estimate of drug-likeness (QED) is 0.509. The zero-order valence-corrected chi connectivity index (χ0v) is 16.8. The Labute approximate surface area is 162 Å². The van der Waals surface area contributed by atoms with Gasteiger partial charge in [-0.15, -0.1) is 0 Å². The zero-order chi connectivity index (χ0) is 18.7. The van der Waals surface area contributed by atoms with Crippen LogP contribution < -0.4 is 0 Å². The number of ether oxygens (including phenoxy) is 1. The minimum absolute atomic E-state index is 0.302. The third-order valence-electron chi connectivity index (χ3n) is 4.36. The van der Waals surface area contributed by atoms with Gasteiger partial charge in [0.2, 0.25) is 0 Å². The van der Waals surface area contributed by atoms with Gasteiger partial charge >= 0.3 is 5.97 Å². The van der Waals surface area contributed by atoms with E-state index in [-0.39, 0.29) is 5.97 Å². The average molecular weight is 412 g/mol. The summed E-state index contributed by atoms with van der Waals surface area (Å²) in [5.41, 5.74) is 6.45. The summed E-state index contributed by atoms with van der Waals surface area (Å²) in [6.45, 7) is 6.36. The first-order valence-electron chi connectivity index (χ1n) is 8.69. The standard InChI is InChI=1S/C22H22BrNO2/c1-4-26-22(25)18-10-12-21(20(23)14-18)24-16(3)7-11-19(24)13-17-8-5-15(2)6-9-17/h5-12,14H,4,13H2,1-3H3. The molecule has 0 aliphatic heterocycles. The van der Waals surface area contributed by atoms with Gasteiger partial charge in [0.05, 0.1) is 17.9 Å². The van der Waals surface area contributed by atoms with Gasteiger partial charge in [-0.05, 0) is 72.6 Å². The van der Waals surface area contributed by atoms with Gasteiger partial charge in [0.15, 0.2) is 0 Å². The summed E-state index contributed by atoms with van der Waals surface area (Å²) in [6.07, 6.45) is 0.847. The average Bonchev–Trinajstić information content (AvgIpc) is 2.97. The first-order chi connectivity index (χ1) is 12.5. The highest BCUT2D eigenvalue weighted by molar-refractivity contribution is 9.10. The number of hydrogen-bond acceptors (Lipinski definition) is 2. The van der Waals surface area contributed by atoms with Crippen LogP contribution in [0.3, 0.4) is 0 Å². The van der Waals surface area contributed by atoms with Crippen LogP contribution in [0.15, 0.2) is 59.1 Å². The number of aryl methyl sites for hydroxylation is 2. The van der Waals surface area contributed by atoms with E-state index in [0.29, 0.717) is 12.2 Å². The lowest BCUT2D eigenvalue weighted by Gasteiger charge is -2.15. The summed E-state index contributed by atoms with van der Waals surface area (Å²) in [5, 5.41) is 0. The highest BCUT2D eigenvalue weighted by Gasteiger charge is 2.14. The van der Waals surface area contributed by atoms with E-state index in [9.17, 15) is 4.79 Å². The maximum Gasteiger partial charge on any atom is 0.338 e. The van der Waals surface area contributed by atoms with Crippen molar-refractivity contribution in [3.63, 3.8) is 0 Å². The molecule has 134 valence electrons. The lowest BCUT2D eigenvalue weighted by Crippen LogP contribution is -2.07. The van der Waals surface area contributed by atoms with E-state index in [1.807, 2.05) is 25.1 Å². The number of esters is 1. The monoisotopic (exact) mass is 411 g/mol. The summed E-state index contributed by atoms with van der Waals surface area (Å²) < 4.78 is 8.17. The van der Waals surface area contributed by atoms with Gasteiger partial charge in [0.1, 0.15) is 0 Å². The van der Waals surface area contributed by atoms with Crippen molar-refractivity contribution in [2.45, 2.75) is 27.2 Å². The van der Waals surface area contributed by atoms with Crippen molar-refractivity contribution in [3.8, 4) is 5.69 Å². The topological polar surface area (TPSA) is 31.2 Å². The molecular formula is C22H22BrNO2. The molecular weight excluding hydrogens is 390 g/mol. The normalized spacial score (nSPS) is 10.8. The molecule has 0 spiro atoms. The Morgan fingerprint density at radius 2 is 1.77 bits per heavy atom. The van der Waals surface area contributed by atoms with Crippen LogP contribution >= 0.6 is 15.9 Å². The molecule has 3 nitrogen and oxygen atoms in total. The molecule has 0 bridgehead atoms. The van der Waals surface area contributed by atoms with Crippen molar-refractivity contribution in [1.29, 1.82) is 0 Å². The second-order valence-corrected chi connectivity index (χ2v) is 7.20. The number of aromatic nitrogens is 1. The molecule has 2 aromatic carbocycles. The Morgan fingerprint density at radius 1 is 1.04 bits per heavy atom. The first kappa shape index (κ1) is 18.5. The Morgan fingerprint density at radius 3 is 2.42 bits per heavy atom. The Hall–Kier alpha value is -2.33. The third kappa shape index (κ3) is 3.91. The summed E-state index contributed by atoms with van der Waals surface area (Å²) in [7, 11) is 0. The SMILES string of the molecule is CCOC(=O)c1ccc(-n2c(C)ccc2Cc2ccc(C)cc2)c(Br)c1. The van der Waals surface area contributed by atoms with Crippen molar-refractivity contribution in [3.05, 3.63) is 87.1 Å². The molecule has 0 radical (unpaired) electrons. The zero-order valence-electron chi connectivity index (χ0n) is 15.3. The number of rotatable bonds is 5. The minimum atomic E-state index is -0.302. The Bertz CT molecular complexity index is 926. The molecule has 0 saturated heterocycles. The van der Waals surface area contributed by atoms with E-state index in [1.54, 1.807) is 0 Å². The fourth-order valence-electron chi connectivity index (χ4n) is 3.02. The van der Waals surface area contributed by atoms with Crippen LogP contribution in [0.1, 0.15) is 39.8 Å². The van der Waals surface area contributed by atoms with Crippen LogP contribution in [0.2, 0.25) is 0 Å². The molecule has 0 N–H and O–H groups in total. The van der Waals surface area contributed by atoms with Crippen molar-refractivity contribution < 1.29 is 9.53 Å². The molecule has 26 heavy (non-hydrogen) atoms. The highest BCUT2D eigenvalue weighted by Crippen LogP contribution is 2.27. The summed E-state index contributed by atoms with van der Waals surface area (Å²) in [4.78, 5) is 11.9. The predicted octanol–water partition coefficient (Wildman–Crippen LogP) is 5.62. The van der Waals surface area contributed by atoms with Crippen LogP contribution in [0.25, 0.3) is 5.69 Å². The van der Waals surface area contributed by atoms with E-state index >= 15 is 0 Å². The minimum Gasteiger partial charge on any atom is -0.462 e. The number of nitrogens with zero attached hydrogens (tertiary/aromatic N) is 1. The molecule has 4 heteroatoms. The van der Waals surface area contributed by atoms with Gasteiger partial charge in [-0.3, -0.25) is 0 Å². The van der Waals surface area contributed by atoms with E-state index in [4.69, 9.17) is 4.74 Å². The molecule has 1 heterocycles. The number of hydrogen-bond donors (Lipinski definition) is 0. The van der Waals surface area contributed by atoms with E-state index in [1.165, 1.54) is 16.8 Å². The van der Waals surface area contributed by atoms with Crippen LogP contribution in [0, 0.1) is 13.8 Å². The van der Waals surface area contributed by atoms with Crippen molar-refractivity contribution >= 4 is 21.9 Å². The van der Waals surface area contributed by atoms with Gasteiger partial charge in [-0.1, -0.05) is 29.8 Å². The third-order valence-corrected chi connectivity index (χ3v) is 5.00. The second kappa shape index (κ2) is 7.92. The summed E-state index contributed by atoms with van der Waals surface area (Å²) in [5.74, 6) is -0.302. The van der Waals surface area contributed by atoms with E-state index in [0.717, 1.165) is 22.3 Å². The molecule has 3 rings (SSSR count). The Kier molecular flexibility index (Phi) is 5.62. The van der Waals surface area contributed by atoms with Gasteiger partial charge in [0, 0.05) is 22.3 Å². The smallest absolute Gasteiger partial charge is 0.338 e. The lowest BCUT2D eigenvalue weighted by molar-refractivity contribution is 0.0526. The molecule has 3 aromatic rings. The Balaban J connectivity index is 1.95. The van der Waals surface area contributed by atoms with Crippen LogP contribution in [-0.2, 0) is 11.2 Å². The predicted molar refractivity (Wildman–Crippen MR) is 108 cm³/mol. The maximum absolute atomic E-state index is 11.9. The number of benzene rings is 2. The summed E-state index contributed by atoms with van der Waals surface area (Å²) in [6, 6.07) is 18.5. The number of halogens is 1. The van der Waals surface area contributed by atoms with Crippen molar-refractivity contribution in [1.82, 2.24) is 4.57 Å². The largest absolute Gasteiger partial charge is 0.462 e. The van der Waals surface area contributed by atoms with Gasteiger partial charge < -0.3 is 9.30 Å². The molecule has 0 aliphatic rings. The van der Waals surface area contributed by atoms with E-state index in [2.05, 4.69) is 70.7 Å². The van der Waals surface area contributed by atoms with Crippen LogP contribution in [-0.4, -0.2) is 17.1 Å². The fourth-order valence-corrected chi connectivity index (χ4v) is 3.58. The highest BCUT2D eigenvalue weighted by atomic mass is 79.9. The first-order valence-corrected chi connectivity index (χ1v) is 9.48. The molecule has 0 atom stereocenters. The molecule has 0 saturated carbocycles. The molecule has 0 fully saturated rings. The maximum atomic E-state index is 11.9. The fraction of sp³-hybridized carbons (Fsp3) is 0.227. The van der Waals surface area contributed by atoms with E-state index < -0.39 is 0 Å². The van der Waals surface area contributed by atoms with Crippen molar-refractivity contribution in [2.75, 3.05) is 6.61 Å². The van der Waals surface area contributed by atoms with Gasteiger partial charge in [0.25, 0.3) is 0 Å². The van der Waals surface area contributed by atoms with Crippen LogP contribution in [0.4, 0.5) is 0 Å². The molecule has 0 unspecified atom stereocenters. The van der Waals surface area contributed by atoms with Gasteiger partial charge in [-0.2, -0.15) is 0 Å².